The van der Waals surface area contributed by atoms with Crippen molar-refractivity contribution in [2.45, 2.75) is 39.3 Å². The Labute approximate surface area is 95.5 Å². The van der Waals surface area contributed by atoms with Crippen LogP contribution in [0.5, 0.6) is 0 Å². The van der Waals surface area contributed by atoms with Crippen LogP contribution in [0.3, 0.4) is 0 Å². The van der Waals surface area contributed by atoms with Gasteiger partial charge >= 0.3 is 0 Å². The summed E-state index contributed by atoms with van der Waals surface area (Å²) in [6.07, 6.45) is 0.952. The van der Waals surface area contributed by atoms with Crippen molar-refractivity contribution in [3.8, 4) is 0 Å². The maximum Gasteiger partial charge on any atom is 0.271 e. The number of H-pyrrole nitrogens is 1. The highest BCUT2D eigenvalue weighted by Gasteiger charge is 2.26. The van der Waals surface area contributed by atoms with Crippen molar-refractivity contribution in [3.63, 3.8) is 0 Å². The summed E-state index contributed by atoms with van der Waals surface area (Å²) in [5, 5.41) is 0. The number of nitrogens with zero attached hydrogens (tertiary/aromatic N) is 1. The largest absolute Gasteiger partial charge is 0.394 e. The number of nitrogen functional groups attached to an aromatic ring is 1. The minimum atomic E-state index is -0.172. The van der Waals surface area contributed by atoms with E-state index in [0.717, 1.165) is 25.2 Å². The fraction of sp³-hybridized carbons (Fsp3) is 0.583. The summed E-state index contributed by atoms with van der Waals surface area (Å²) in [5.41, 5.74) is 8.08. The number of nitrogens with one attached hydrogen (secondary N) is 1. The molecule has 4 heteroatoms. The number of aromatic nitrogens is 1. The van der Waals surface area contributed by atoms with E-state index < -0.39 is 0 Å². The van der Waals surface area contributed by atoms with Gasteiger partial charge in [-0.15, -0.1) is 0 Å². The fourth-order valence-electron chi connectivity index (χ4n) is 2.09. The quantitative estimate of drug-likeness (QED) is 0.690. The molecule has 0 radical (unpaired) electrons. The van der Waals surface area contributed by atoms with Gasteiger partial charge in [-0.3, -0.25) is 9.69 Å². The third-order valence-electron chi connectivity index (χ3n) is 3.19. The van der Waals surface area contributed by atoms with Gasteiger partial charge in [0.1, 0.15) is 0 Å². The average Bonchev–Trinajstić information content (AvgIpc) is 2.17. The van der Waals surface area contributed by atoms with E-state index in [0.29, 0.717) is 5.69 Å². The Bertz CT molecular complexity index is 456. The second-order valence-corrected chi connectivity index (χ2v) is 5.40. The Morgan fingerprint density at radius 1 is 1.44 bits per heavy atom. The average molecular weight is 221 g/mol. The zero-order valence-corrected chi connectivity index (χ0v) is 10.1. The lowest BCUT2D eigenvalue weighted by Crippen LogP contribution is -2.45. The lowest BCUT2D eigenvalue weighted by atomic mass is 9.98. The first-order chi connectivity index (χ1) is 7.38. The molecule has 3 N–H and O–H groups in total. The minimum absolute atomic E-state index is 0.135. The molecule has 0 aromatic carbocycles. The highest BCUT2D eigenvalue weighted by atomic mass is 16.1. The van der Waals surface area contributed by atoms with Crippen LogP contribution in [0.2, 0.25) is 0 Å². The first kappa shape index (κ1) is 11.2. The van der Waals surface area contributed by atoms with E-state index in [9.17, 15) is 4.79 Å². The zero-order chi connectivity index (χ0) is 11.9. The van der Waals surface area contributed by atoms with Gasteiger partial charge in [0.2, 0.25) is 0 Å². The van der Waals surface area contributed by atoms with Crippen molar-refractivity contribution < 1.29 is 0 Å². The first-order valence-electron chi connectivity index (χ1n) is 5.63. The van der Waals surface area contributed by atoms with Crippen LogP contribution in [-0.2, 0) is 13.0 Å². The van der Waals surface area contributed by atoms with Crippen molar-refractivity contribution in [3.05, 3.63) is 27.7 Å². The van der Waals surface area contributed by atoms with E-state index in [1.165, 1.54) is 5.56 Å². The molecular formula is C12H19N3O. The van der Waals surface area contributed by atoms with Gasteiger partial charge < -0.3 is 10.7 Å². The van der Waals surface area contributed by atoms with Crippen LogP contribution in [-0.4, -0.2) is 22.0 Å². The molecule has 0 bridgehead atoms. The molecule has 1 aliphatic rings. The minimum Gasteiger partial charge on any atom is -0.394 e. The van der Waals surface area contributed by atoms with Gasteiger partial charge in [0.25, 0.3) is 5.56 Å². The standard InChI is InChI=1S/C12H19N3O/c1-12(2,3)15-5-4-8-6-9(13)11(16)14-10(8)7-15/h6H,4-5,7,13H2,1-3H3,(H,14,16). The van der Waals surface area contributed by atoms with Crippen molar-refractivity contribution in [2.75, 3.05) is 12.3 Å². The van der Waals surface area contributed by atoms with Crippen LogP contribution in [0.15, 0.2) is 10.9 Å². The number of nitrogens with two attached hydrogens (primary N) is 1. The number of hydrogen-bond donors (Lipinski definition) is 2. The molecule has 4 nitrogen and oxygen atoms in total. The van der Waals surface area contributed by atoms with Crippen LogP contribution in [0.4, 0.5) is 5.69 Å². The molecule has 88 valence electrons. The lowest BCUT2D eigenvalue weighted by Gasteiger charge is -2.38. The molecule has 16 heavy (non-hydrogen) atoms. The molecule has 0 saturated heterocycles. The molecule has 1 aromatic rings. The third-order valence-corrected chi connectivity index (χ3v) is 3.19. The summed E-state index contributed by atoms with van der Waals surface area (Å²) in [7, 11) is 0. The molecule has 0 aliphatic carbocycles. The molecule has 0 spiro atoms. The van der Waals surface area contributed by atoms with Gasteiger partial charge in [0.15, 0.2) is 0 Å². The maximum atomic E-state index is 11.4. The van der Waals surface area contributed by atoms with Gasteiger partial charge in [0, 0.05) is 24.3 Å². The number of pyridine rings is 1. The van der Waals surface area contributed by atoms with Gasteiger partial charge in [-0.05, 0) is 38.8 Å². The second-order valence-electron chi connectivity index (χ2n) is 5.40. The van der Waals surface area contributed by atoms with E-state index in [2.05, 4.69) is 30.7 Å². The molecule has 1 aliphatic heterocycles. The Hall–Kier alpha value is -1.29. The molecule has 2 heterocycles. The molecule has 1 aromatic heterocycles. The fourth-order valence-corrected chi connectivity index (χ4v) is 2.09. The first-order valence-corrected chi connectivity index (χ1v) is 5.63. The van der Waals surface area contributed by atoms with Crippen LogP contribution in [0.1, 0.15) is 32.0 Å². The summed E-state index contributed by atoms with van der Waals surface area (Å²) in [6, 6.07) is 1.81. The Balaban J connectivity index is 2.34. The van der Waals surface area contributed by atoms with Gasteiger partial charge in [-0.2, -0.15) is 0 Å². The molecular weight excluding hydrogens is 202 g/mol. The summed E-state index contributed by atoms with van der Waals surface area (Å²) in [5.74, 6) is 0. The zero-order valence-electron chi connectivity index (χ0n) is 10.1. The van der Waals surface area contributed by atoms with Crippen molar-refractivity contribution in [1.29, 1.82) is 0 Å². The van der Waals surface area contributed by atoms with E-state index in [1.54, 1.807) is 0 Å². The second kappa shape index (κ2) is 3.63. The molecule has 0 unspecified atom stereocenters. The smallest absolute Gasteiger partial charge is 0.271 e. The van der Waals surface area contributed by atoms with Crippen LogP contribution >= 0.6 is 0 Å². The summed E-state index contributed by atoms with van der Waals surface area (Å²) in [6.45, 7) is 8.38. The monoisotopic (exact) mass is 221 g/mol. The number of rotatable bonds is 0. The van der Waals surface area contributed by atoms with Gasteiger partial charge in [-0.1, -0.05) is 0 Å². The topological polar surface area (TPSA) is 62.1 Å². The maximum absolute atomic E-state index is 11.4. The van der Waals surface area contributed by atoms with E-state index in [1.807, 2.05) is 6.07 Å². The van der Waals surface area contributed by atoms with Crippen molar-refractivity contribution >= 4 is 5.69 Å². The molecule has 0 fully saturated rings. The van der Waals surface area contributed by atoms with Crippen molar-refractivity contribution in [1.82, 2.24) is 9.88 Å². The number of hydrogen-bond acceptors (Lipinski definition) is 3. The summed E-state index contributed by atoms with van der Waals surface area (Å²) < 4.78 is 0. The lowest BCUT2D eigenvalue weighted by molar-refractivity contribution is 0.118. The van der Waals surface area contributed by atoms with Crippen LogP contribution in [0, 0.1) is 0 Å². The van der Waals surface area contributed by atoms with E-state index in [4.69, 9.17) is 5.73 Å². The number of anilines is 1. The number of aromatic amines is 1. The Morgan fingerprint density at radius 2 is 2.12 bits per heavy atom. The molecule has 0 amide bonds. The van der Waals surface area contributed by atoms with Crippen LogP contribution in [0.25, 0.3) is 0 Å². The SMILES string of the molecule is CC(C)(C)N1CCc2cc(N)c(=O)[nH]c2C1. The Kier molecular flexibility index (Phi) is 2.54. The highest BCUT2D eigenvalue weighted by molar-refractivity contribution is 5.41. The van der Waals surface area contributed by atoms with Gasteiger partial charge in [-0.25, -0.2) is 0 Å². The van der Waals surface area contributed by atoms with Gasteiger partial charge in [0.05, 0.1) is 5.69 Å². The molecule has 0 saturated carbocycles. The number of fused-ring (bicyclic) bond motifs is 1. The summed E-state index contributed by atoms with van der Waals surface area (Å²) >= 11 is 0. The third kappa shape index (κ3) is 1.97. The van der Waals surface area contributed by atoms with Crippen LogP contribution < -0.4 is 11.3 Å². The molecule has 2 rings (SSSR count). The predicted molar refractivity (Wildman–Crippen MR) is 65.3 cm³/mol. The molecule has 0 atom stereocenters. The Morgan fingerprint density at radius 3 is 2.75 bits per heavy atom. The normalized spacial score (nSPS) is 17.2. The van der Waals surface area contributed by atoms with E-state index >= 15 is 0 Å². The summed E-state index contributed by atoms with van der Waals surface area (Å²) in [4.78, 5) is 16.7. The van der Waals surface area contributed by atoms with Crippen molar-refractivity contribution in [2.24, 2.45) is 0 Å². The van der Waals surface area contributed by atoms with E-state index in [-0.39, 0.29) is 11.1 Å². The predicted octanol–water partition coefficient (Wildman–Crippen LogP) is 1.11. The highest BCUT2D eigenvalue weighted by Crippen LogP contribution is 2.23.